The quantitative estimate of drug-likeness (QED) is 0.442. The van der Waals surface area contributed by atoms with E-state index in [1.54, 1.807) is 0 Å². The van der Waals surface area contributed by atoms with E-state index >= 15 is 0 Å². The predicted octanol–water partition coefficient (Wildman–Crippen LogP) is 2.20. The van der Waals surface area contributed by atoms with E-state index in [9.17, 15) is 0 Å². The lowest BCUT2D eigenvalue weighted by molar-refractivity contribution is -1.09. The van der Waals surface area contributed by atoms with Gasteiger partial charge in [-0.05, 0) is 19.8 Å². The third-order valence-corrected chi connectivity index (χ3v) is 2.28. The van der Waals surface area contributed by atoms with Gasteiger partial charge in [0, 0.05) is 0 Å². The standard InChI is InChI=1S/C9H22NO/c1-6-9(7-2)10(4,5)11-8-3/h9H,6-8H2,1-5H3/q+1. The van der Waals surface area contributed by atoms with Gasteiger partial charge < -0.3 is 0 Å². The molecule has 0 aromatic carbocycles. The monoisotopic (exact) mass is 160 g/mol. The fourth-order valence-corrected chi connectivity index (χ4v) is 1.61. The van der Waals surface area contributed by atoms with Crippen LogP contribution in [-0.4, -0.2) is 31.4 Å². The van der Waals surface area contributed by atoms with E-state index in [-0.39, 0.29) is 0 Å². The number of hydrogen-bond donors (Lipinski definition) is 0. The van der Waals surface area contributed by atoms with Crippen LogP contribution in [0.1, 0.15) is 33.6 Å². The molecule has 68 valence electrons. The van der Waals surface area contributed by atoms with Crippen LogP contribution in [0.3, 0.4) is 0 Å². The minimum absolute atomic E-state index is 0.634. The minimum Gasteiger partial charge on any atom is -0.203 e. The molecule has 0 N–H and O–H groups in total. The van der Waals surface area contributed by atoms with Crippen molar-refractivity contribution in [2.75, 3.05) is 20.7 Å². The second-order valence-corrected chi connectivity index (χ2v) is 3.32. The van der Waals surface area contributed by atoms with Crippen LogP contribution >= 0.6 is 0 Å². The van der Waals surface area contributed by atoms with Crippen LogP contribution in [-0.2, 0) is 4.84 Å². The highest BCUT2D eigenvalue weighted by Gasteiger charge is 2.26. The van der Waals surface area contributed by atoms with Gasteiger partial charge >= 0.3 is 0 Å². The molecule has 0 aliphatic heterocycles. The van der Waals surface area contributed by atoms with E-state index in [1.807, 2.05) is 6.92 Å². The Kier molecular flexibility index (Phi) is 4.69. The first-order chi connectivity index (χ1) is 5.08. The molecule has 0 spiro atoms. The van der Waals surface area contributed by atoms with Gasteiger partial charge in [-0.2, -0.15) is 4.65 Å². The summed E-state index contributed by atoms with van der Waals surface area (Å²) in [6, 6.07) is 0.634. The van der Waals surface area contributed by atoms with E-state index in [0.717, 1.165) is 6.61 Å². The van der Waals surface area contributed by atoms with Gasteiger partial charge in [-0.1, -0.05) is 13.8 Å². The second-order valence-electron chi connectivity index (χ2n) is 3.32. The third kappa shape index (κ3) is 3.21. The zero-order valence-corrected chi connectivity index (χ0v) is 8.55. The van der Waals surface area contributed by atoms with Crippen molar-refractivity contribution in [2.45, 2.75) is 39.7 Å². The molecule has 0 atom stereocenters. The van der Waals surface area contributed by atoms with Gasteiger partial charge in [0.25, 0.3) is 0 Å². The highest BCUT2D eigenvalue weighted by atomic mass is 16.7. The molecular weight excluding hydrogens is 138 g/mol. The van der Waals surface area contributed by atoms with E-state index < -0.39 is 0 Å². The highest BCUT2D eigenvalue weighted by molar-refractivity contribution is 4.48. The van der Waals surface area contributed by atoms with Gasteiger partial charge in [0.15, 0.2) is 0 Å². The van der Waals surface area contributed by atoms with Gasteiger partial charge in [0.1, 0.15) is 12.6 Å². The van der Waals surface area contributed by atoms with Crippen molar-refractivity contribution < 1.29 is 9.48 Å². The molecule has 0 aliphatic rings. The van der Waals surface area contributed by atoms with Crippen molar-refractivity contribution in [3.8, 4) is 0 Å². The largest absolute Gasteiger partial charge is 0.203 e. The molecule has 11 heavy (non-hydrogen) atoms. The first kappa shape index (κ1) is 10.9. The maximum absolute atomic E-state index is 5.61. The Balaban J connectivity index is 4.00. The third-order valence-electron chi connectivity index (χ3n) is 2.28. The van der Waals surface area contributed by atoms with Gasteiger partial charge in [-0.25, -0.2) is 4.84 Å². The number of hydroxylamine groups is 3. The fraction of sp³-hybridized carbons (Fsp3) is 1.00. The summed E-state index contributed by atoms with van der Waals surface area (Å²) < 4.78 is 0.698. The van der Waals surface area contributed by atoms with E-state index in [1.165, 1.54) is 12.8 Å². The van der Waals surface area contributed by atoms with Crippen LogP contribution in [0.4, 0.5) is 0 Å². The molecule has 0 radical (unpaired) electrons. The Morgan fingerprint density at radius 2 is 1.55 bits per heavy atom. The molecule has 0 saturated carbocycles. The number of hydrogen-bond acceptors (Lipinski definition) is 1. The van der Waals surface area contributed by atoms with Crippen molar-refractivity contribution in [3.63, 3.8) is 0 Å². The summed E-state index contributed by atoms with van der Waals surface area (Å²) in [5.74, 6) is 0. The van der Waals surface area contributed by atoms with Gasteiger partial charge in [0.05, 0.1) is 14.1 Å². The molecule has 0 heterocycles. The molecule has 0 fully saturated rings. The van der Waals surface area contributed by atoms with Crippen LogP contribution in [0.15, 0.2) is 0 Å². The summed E-state index contributed by atoms with van der Waals surface area (Å²) in [4.78, 5) is 5.61. The minimum atomic E-state index is 0.634. The summed E-state index contributed by atoms with van der Waals surface area (Å²) in [6.45, 7) is 7.27. The van der Waals surface area contributed by atoms with Crippen LogP contribution in [0.2, 0.25) is 0 Å². The Hall–Kier alpha value is -0.0800. The molecular formula is C9H22NO+. The Morgan fingerprint density at radius 3 is 1.82 bits per heavy atom. The molecule has 0 rings (SSSR count). The molecule has 2 nitrogen and oxygen atoms in total. The summed E-state index contributed by atoms with van der Waals surface area (Å²) in [7, 11) is 4.25. The van der Waals surface area contributed by atoms with Crippen molar-refractivity contribution in [2.24, 2.45) is 0 Å². The van der Waals surface area contributed by atoms with Crippen LogP contribution in [0, 0.1) is 0 Å². The Bertz CT molecular complexity index is 97.7. The van der Waals surface area contributed by atoms with E-state index in [4.69, 9.17) is 4.84 Å². The van der Waals surface area contributed by atoms with Crippen molar-refractivity contribution in [3.05, 3.63) is 0 Å². The van der Waals surface area contributed by atoms with Crippen molar-refractivity contribution in [1.82, 2.24) is 0 Å². The Morgan fingerprint density at radius 1 is 1.09 bits per heavy atom. The van der Waals surface area contributed by atoms with Gasteiger partial charge in [-0.3, -0.25) is 0 Å². The van der Waals surface area contributed by atoms with Crippen LogP contribution in [0.25, 0.3) is 0 Å². The first-order valence-corrected chi connectivity index (χ1v) is 4.56. The van der Waals surface area contributed by atoms with E-state index in [2.05, 4.69) is 27.9 Å². The highest BCUT2D eigenvalue weighted by Crippen LogP contribution is 2.14. The zero-order valence-electron chi connectivity index (χ0n) is 8.55. The van der Waals surface area contributed by atoms with Crippen LogP contribution < -0.4 is 0 Å². The summed E-state index contributed by atoms with van der Waals surface area (Å²) in [5.41, 5.74) is 0. The topological polar surface area (TPSA) is 9.23 Å². The average Bonchev–Trinajstić information content (AvgIpc) is 1.89. The van der Waals surface area contributed by atoms with Gasteiger partial charge in [-0.15, -0.1) is 0 Å². The number of rotatable bonds is 5. The van der Waals surface area contributed by atoms with Crippen molar-refractivity contribution in [1.29, 1.82) is 0 Å². The van der Waals surface area contributed by atoms with Crippen molar-refractivity contribution >= 4 is 0 Å². The first-order valence-electron chi connectivity index (χ1n) is 4.56. The molecule has 0 bridgehead atoms. The van der Waals surface area contributed by atoms with Gasteiger partial charge in [0.2, 0.25) is 0 Å². The molecule has 2 heteroatoms. The molecule has 0 aromatic heterocycles. The maximum Gasteiger partial charge on any atom is 0.118 e. The smallest absolute Gasteiger partial charge is 0.118 e. The average molecular weight is 160 g/mol. The molecule has 0 amide bonds. The lowest BCUT2D eigenvalue weighted by atomic mass is 10.1. The summed E-state index contributed by atoms with van der Waals surface area (Å²) in [5, 5.41) is 0. The molecule has 0 aromatic rings. The number of nitrogens with zero attached hydrogens (tertiary/aromatic N) is 1. The lowest BCUT2D eigenvalue weighted by Crippen LogP contribution is -2.48. The normalized spacial score (nSPS) is 12.5. The summed E-state index contributed by atoms with van der Waals surface area (Å²) in [6.07, 6.45) is 2.37. The zero-order chi connectivity index (χ0) is 8.91. The lowest BCUT2D eigenvalue weighted by Gasteiger charge is -2.33. The molecule has 0 unspecified atom stereocenters. The maximum atomic E-state index is 5.61. The predicted molar refractivity (Wildman–Crippen MR) is 48.1 cm³/mol. The van der Waals surface area contributed by atoms with Crippen LogP contribution in [0.5, 0.6) is 0 Å². The molecule has 0 saturated heterocycles. The molecule has 0 aliphatic carbocycles. The van der Waals surface area contributed by atoms with E-state index in [0.29, 0.717) is 10.7 Å². The second kappa shape index (κ2) is 4.73. The fourth-order valence-electron chi connectivity index (χ4n) is 1.61. The number of quaternary nitrogens is 1. The Labute approximate surface area is 70.7 Å². The summed E-state index contributed by atoms with van der Waals surface area (Å²) >= 11 is 0. The SMILES string of the molecule is CCO[N+](C)(C)C(CC)CC.